The van der Waals surface area contributed by atoms with E-state index in [-0.39, 0.29) is 0 Å². The fraction of sp³-hybridized carbons (Fsp3) is 0.429. The van der Waals surface area contributed by atoms with Gasteiger partial charge in [-0.1, -0.05) is 0 Å². The summed E-state index contributed by atoms with van der Waals surface area (Å²) in [6, 6.07) is -0.543. The van der Waals surface area contributed by atoms with Crippen LogP contribution in [0.1, 0.15) is 10.6 Å². The number of carbonyl (C=O) groups excluding carboxylic acids is 1. The zero-order valence-electron chi connectivity index (χ0n) is 6.87. The molecule has 0 saturated carbocycles. The molecule has 0 atom stereocenters. The zero-order chi connectivity index (χ0) is 9.26. The third kappa shape index (κ3) is 1.94. The highest BCUT2D eigenvalue weighted by molar-refractivity contribution is 7.98. The number of thioether (sulfide) groups is 1. The van der Waals surface area contributed by atoms with E-state index >= 15 is 0 Å². The van der Waals surface area contributed by atoms with Gasteiger partial charge in [-0.2, -0.15) is 11.8 Å². The molecule has 13 heavy (non-hydrogen) atoms. The Kier molecular flexibility index (Phi) is 2.41. The molecule has 0 bridgehead atoms. The standard InChI is InChI=1S/C7H9N3OS2/c8-6(11)10-7-9-4-1-2-12-3-5(4)13-7/h1-3H2,(H3,8,9,10,11). The molecule has 2 heterocycles. The SMILES string of the molecule is NC(=O)Nc1nc2c(s1)CSCC2. The van der Waals surface area contributed by atoms with E-state index in [9.17, 15) is 4.79 Å². The Bertz CT molecular complexity index is 313. The minimum Gasteiger partial charge on any atom is -0.351 e. The van der Waals surface area contributed by atoms with Crippen molar-refractivity contribution in [2.75, 3.05) is 11.1 Å². The van der Waals surface area contributed by atoms with Crippen LogP contribution in [-0.2, 0) is 12.2 Å². The lowest BCUT2D eigenvalue weighted by Crippen LogP contribution is -2.19. The quantitative estimate of drug-likeness (QED) is 0.744. The number of fused-ring (bicyclic) bond motifs is 1. The summed E-state index contributed by atoms with van der Waals surface area (Å²) in [6.45, 7) is 0. The summed E-state index contributed by atoms with van der Waals surface area (Å²) < 4.78 is 0. The van der Waals surface area contributed by atoms with Crippen molar-refractivity contribution in [3.05, 3.63) is 10.6 Å². The van der Waals surface area contributed by atoms with Gasteiger partial charge >= 0.3 is 6.03 Å². The van der Waals surface area contributed by atoms with Crippen LogP contribution in [0.3, 0.4) is 0 Å². The molecule has 0 unspecified atom stereocenters. The Morgan fingerprint density at radius 3 is 3.15 bits per heavy atom. The molecule has 2 amide bonds. The Labute approximate surface area is 83.9 Å². The fourth-order valence-electron chi connectivity index (χ4n) is 1.18. The molecule has 2 rings (SSSR count). The minimum atomic E-state index is -0.543. The van der Waals surface area contributed by atoms with Gasteiger partial charge in [-0.15, -0.1) is 11.3 Å². The molecule has 3 N–H and O–H groups in total. The molecule has 0 radical (unpaired) electrons. The first kappa shape index (κ1) is 8.83. The number of anilines is 1. The van der Waals surface area contributed by atoms with Crippen molar-refractivity contribution >= 4 is 34.3 Å². The van der Waals surface area contributed by atoms with Crippen LogP contribution < -0.4 is 11.1 Å². The van der Waals surface area contributed by atoms with Crippen molar-refractivity contribution in [2.24, 2.45) is 5.73 Å². The number of rotatable bonds is 1. The number of nitrogens with one attached hydrogen (secondary N) is 1. The van der Waals surface area contributed by atoms with E-state index in [2.05, 4.69) is 10.3 Å². The third-order valence-corrected chi connectivity index (χ3v) is 3.91. The van der Waals surface area contributed by atoms with E-state index in [1.165, 1.54) is 16.2 Å². The number of thiazole rings is 1. The van der Waals surface area contributed by atoms with Crippen molar-refractivity contribution in [2.45, 2.75) is 12.2 Å². The average molecular weight is 215 g/mol. The monoisotopic (exact) mass is 215 g/mol. The largest absolute Gasteiger partial charge is 0.351 e. The third-order valence-electron chi connectivity index (χ3n) is 1.72. The zero-order valence-corrected chi connectivity index (χ0v) is 8.50. The highest BCUT2D eigenvalue weighted by Gasteiger charge is 2.15. The van der Waals surface area contributed by atoms with Crippen molar-refractivity contribution in [1.82, 2.24) is 4.98 Å². The molecule has 1 aromatic rings. The van der Waals surface area contributed by atoms with Gasteiger partial charge in [-0.05, 0) is 12.2 Å². The number of carbonyl (C=O) groups is 1. The van der Waals surface area contributed by atoms with Gasteiger partial charge in [0, 0.05) is 10.6 Å². The summed E-state index contributed by atoms with van der Waals surface area (Å²) >= 11 is 3.42. The first-order valence-corrected chi connectivity index (χ1v) is 5.85. The predicted octanol–water partition coefficient (Wildman–Crippen LogP) is 1.42. The fourth-order valence-corrected chi connectivity index (χ4v) is 3.31. The number of amides is 2. The van der Waals surface area contributed by atoms with Crippen LogP contribution in [0.4, 0.5) is 9.93 Å². The maximum atomic E-state index is 10.6. The highest BCUT2D eigenvalue weighted by atomic mass is 32.2. The molecule has 0 spiro atoms. The minimum absolute atomic E-state index is 0.543. The first-order chi connectivity index (χ1) is 6.25. The predicted molar refractivity (Wildman–Crippen MR) is 55.2 cm³/mol. The Morgan fingerprint density at radius 1 is 1.62 bits per heavy atom. The van der Waals surface area contributed by atoms with Crippen LogP contribution in [0.25, 0.3) is 0 Å². The number of primary amides is 1. The number of hydrogen-bond acceptors (Lipinski definition) is 4. The second kappa shape index (κ2) is 3.55. The lowest BCUT2D eigenvalue weighted by atomic mass is 10.3. The molecule has 0 fully saturated rings. The number of nitrogens with two attached hydrogens (primary N) is 1. The molecular formula is C7H9N3OS2. The Morgan fingerprint density at radius 2 is 2.46 bits per heavy atom. The Balaban J connectivity index is 2.20. The molecule has 6 heteroatoms. The van der Waals surface area contributed by atoms with E-state index in [0.717, 1.165) is 23.6 Å². The van der Waals surface area contributed by atoms with Crippen molar-refractivity contribution in [3.8, 4) is 0 Å². The van der Waals surface area contributed by atoms with E-state index in [1.54, 1.807) is 0 Å². The van der Waals surface area contributed by atoms with Gasteiger partial charge in [0.15, 0.2) is 5.13 Å². The molecule has 4 nitrogen and oxygen atoms in total. The molecular weight excluding hydrogens is 206 g/mol. The van der Waals surface area contributed by atoms with Gasteiger partial charge in [0.25, 0.3) is 0 Å². The summed E-state index contributed by atoms with van der Waals surface area (Å²) in [5, 5.41) is 3.12. The maximum Gasteiger partial charge on any atom is 0.318 e. The summed E-state index contributed by atoms with van der Waals surface area (Å²) in [5.74, 6) is 2.13. The van der Waals surface area contributed by atoms with Crippen molar-refractivity contribution in [3.63, 3.8) is 0 Å². The number of urea groups is 1. The van der Waals surface area contributed by atoms with E-state index in [0.29, 0.717) is 5.13 Å². The average Bonchev–Trinajstić information content (AvgIpc) is 2.44. The molecule has 1 aliphatic rings. The molecule has 0 saturated heterocycles. The number of aromatic nitrogens is 1. The molecule has 0 aromatic carbocycles. The van der Waals surface area contributed by atoms with Gasteiger partial charge in [0.05, 0.1) is 5.69 Å². The van der Waals surface area contributed by atoms with Crippen LogP contribution in [0, 0.1) is 0 Å². The van der Waals surface area contributed by atoms with Crippen LogP contribution in [0.15, 0.2) is 0 Å². The number of aryl methyl sites for hydroxylation is 1. The smallest absolute Gasteiger partial charge is 0.318 e. The number of hydrogen-bond donors (Lipinski definition) is 2. The van der Waals surface area contributed by atoms with Gasteiger partial charge in [0.1, 0.15) is 0 Å². The van der Waals surface area contributed by atoms with E-state index < -0.39 is 6.03 Å². The van der Waals surface area contributed by atoms with Gasteiger partial charge in [-0.3, -0.25) is 5.32 Å². The second-order valence-electron chi connectivity index (χ2n) is 2.68. The molecule has 1 aliphatic heterocycles. The highest BCUT2D eigenvalue weighted by Crippen LogP contribution is 2.31. The normalized spacial score (nSPS) is 15.1. The van der Waals surface area contributed by atoms with Gasteiger partial charge in [0.2, 0.25) is 0 Å². The maximum absolute atomic E-state index is 10.6. The molecule has 0 aliphatic carbocycles. The topological polar surface area (TPSA) is 68.0 Å². The Hall–Kier alpha value is -0.750. The molecule has 70 valence electrons. The lowest BCUT2D eigenvalue weighted by molar-refractivity contribution is 0.259. The number of nitrogens with zero attached hydrogens (tertiary/aromatic N) is 1. The lowest BCUT2D eigenvalue weighted by Gasteiger charge is -2.06. The first-order valence-electron chi connectivity index (χ1n) is 3.88. The van der Waals surface area contributed by atoms with E-state index in [4.69, 9.17) is 5.73 Å². The molecule has 1 aromatic heterocycles. The van der Waals surface area contributed by atoms with Gasteiger partial charge < -0.3 is 5.73 Å². The van der Waals surface area contributed by atoms with Crippen molar-refractivity contribution < 1.29 is 4.79 Å². The van der Waals surface area contributed by atoms with Crippen LogP contribution >= 0.6 is 23.1 Å². The summed E-state index contributed by atoms with van der Waals surface area (Å²) in [4.78, 5) is 16.1. The van der Waals surface area contributed by atoms with Crippen LogP contribution in [0.5, 0.6) is 0 Å². The summed E-state index contributed by atoms with van der Waals surface area (Å²) in [6.07, 6.45) is 0.997. The van der Waals surface area contributed by atoms with Gasteiger partial charge in [-0.25, -0.2) is 9.78 Å². The second-order valence-corrected chi connectivity index (χ2v) is 4.87. The van der Waals surface area contributed by atoms with Crippen molar-refractivity contribution in [1.29, 1.82) is 0 Å². The summed E-state index contributed by atoms with van der Waals surface area (Å²) in [5.41, 5.74) is 6.11. The summed E-state index contributed by atoms with van der Waals surface area (Å²) in [7, 11) is 0. The van der Waals surface area contributed by atoms with Crippen LogP contribution in [0.2, 0.25) is 0 Å². The van der Waals surface area contributed by atoms with E-state index in [1.807, 2.05) is 11.8 Å². The van der Waals surface area contributed by atoms with Crippen LogP contribution in [-0.4, -0.2) is 16.8 Å².